The Balaban J connectivity index is 2.95. The second-order valence-electron chi connectivity index (χ2n) is 3.51. The highest BCUT2D eigenvalue weighted by Gasteiger charge is 1.95. The lowest BCUT2D eigenvalue weighted by molar-refractivity contribution is 0.562. The summed E-state index contributed by atoms with van der Waals surface area (Å²) in [6, 6.07) is 0. The smallest absolute Gasteiger partial charge is 0.0230 e. The van der Waals surface area contributed by atoms with Crippen LogP contribution in [-0.4, -0.2) is 0 Å². The summed E-state index contributed by atoms with van der Waals surface area (Å²) < 4.78 is 0. The van der Waals surface area contributed by atoms with E-state index in [4.69, 9.17) is 6.58 Å². The van der Waals surface area contributed by atoms with Crippen molar-refractivity contribution >= 4 is 0 Å². The Morgan fingerprint density at radius 3 is 2.33 bits per heavy atom. The van der Waals surface area contributed by atoms with Gasteiger partial charge in [-0.15, -0.1) is 0 Å². The van der Waals surface area contributed by atoms with Crippen LogP contribution < -0.4 is 0 Å². The van der Waals surface area contributed by atoms with Crippen LogP contribution in [0.4, 0.5) is 0 Å². The van der Waals surface area contributed by atoms with Gasteiger partial charge in [0.05, 0.1) is 0 Å². The van der Waals surface area contributed by atoms with E-state index in [1.54, 1.807) is 6.08 Å². The number of hydrogen-bond acceptors (Lipinski definition) is 0. The molecular weight excluding hydrogens is 144 g/mol. The second kappa shape index (κ2) is 8.83. The molecule has 0 aliphatic heterocycles. The van der Waals surface area contributed by atoms with Crippen molar-refractivity contribution in [3.63, 3.8) is 0 Å². The van der Waals surface area contributed by atoms with Gasteiger partial charge in [-0.1, -0.05) is 58.1 Å². The molecule has 0 bridgehead atoms. The predicted molar refractivity (Wildman–Crippen MR) is 55.7 cm³/mol. The zero-order valence-corrected chi connectivity index (χ0v) is 8.39. The van der Waals surface area contributed by atoms with Crippen LogP contribution in [0, 0.1) is 19.4 Å². The van der Waals surface area contributed by atoms with E-state index in [-0.39, 0.29) is 0 Å². The van der Waals surface area contributed by atoms with Crippen LogP contribution in [-0.2, 0) is 0 Å². The van der Waals surface area contributed by atoms with Crippen LogP contribution in [0.3, 0.4) is 0 Å². The Morgan fingerprint density at radius 1 is 1.17 bits per heavy atom. The molecule has 0 fully saturated rings. The van der Waals surface area contributed by atoms with Crippen LogP contribution in [0.1, 0.15) is 51.9 Å². The van der Waals surface area contributed by atoms with Crippen molar-refractivity contribution in [3.05, 3.63) is 19.6 Å². The number of hydrogen-bond donors (Lipinski definition) is 0. The molecular formula is C12H22. The van der Waals surface area contributed by atoms with Gasteiger partial charge < -0.3 is 0 Å². The highest BCUT2D eigenvalue weighted by atomic mass is 14.0. The molecule has 70 valence electrons. The maximum absolute atomic E-state index is 5.35. The summed E-state index contributed by atoms with van der Waals surface area (Å²) in [4.78, 5) is 0. The van der Waals surface area contributed by atoms with Crippen molar-refractivity contribution in [2.24, 2.45) is 5.92 Å². The first-order chi connectivity index (χ1) is 5.81. The fraction of sp³-hybridized carbons (Fsp3) is 0.750. The molecule has 0 aromatic rings. The van der Waals surface area contributed by atoms with Gasteiger partial charge in [-0.25, -0.2) is 0 Å². The molecule has 1 atom stereocenters. The van der Waals surface area contributed by atoms with Gasteiger partial charge in [0.1, 0.15) is 0 Å². The van der Waals surface area contributed by atoms with E-state index in [1.807, 2.05) is 0 Å². The summed E-state index contributed by atoms with van der Waals surface area (Å²) in [7, 11) is 0. The zero-order valence-electron chi connectivity index (χ0n) is 8.39. The molecule has 0 aromatic carbocycles. The molecule has 12 heavy (non-hydrogen) atoms. The van der Waals surface area contributed by atoms with Gasteiger partial charge in [-0.2, -0.15) is 0 Å². The van der Waals surface area contributed by atoms with Gasteiger partial charge in [0, 0.05) is 0 Å². The van der Waals surface area contributed by atoms with E-state index in [0.717, 1.165) is 6.42 Å². The molecule has 0 saturated carbocycles. The first-order valence-electron chi connectivity index (χ1n) is 5.19. The Bertz CT molecular complexity index is 94.2. The molecule has 0 aromatic heterocycles. The van der Waals surface area contributed by atoms with Gasteiger partial charge in [-0.3, -0.25) is 0 Å². The number of rotatable bonds is 8. The lowest BCUT2D eigenvalue weighted by Gasteiger charge is -2.04. The Labute approximate surface area is 78.1 Å². The van der Waals surface area contributed by atoms with Crippen molar-refractivity contribution in [3.8, 4) is 0 Å². The Kier molecular flexibility index (Phi) is 8.64. The fourth-order valence-corrected chi connectivity index (χ4v) is 1.28. The fourth-order valence-electron chi connectivity index (χ4n) is 1.28. The average molecular weight is 166 g/mol. The molecule has 0 rings (SSSR count). The minimum absolute atomic E-state index is 0.358. The number of allylic oxidation sites excluding steroid dienone is 1. The van der Waals surface area contributed by atoms with Gasteiger partial charge in [-0.05, 0) is 19.3 Å². The Morgan fingerprint density at radius 2 is 1.75 bits per heavy atom. The van der Waals surface area contributed by atoms with E-state index in [0.29, 0.717) is 5.92 Å². The third-order valence-corrected chi connectivity index (χ3v) is 2.20. The van der Waals surface area contributed by atoms with Gasteiger partial charge in [0.2, 0.25) is 0 Å². The van der Waals surface area contributed by atoms with E-state index in [2.05, 4.69) is 13.8 Å². The molecule has 0 heteroatoms. The molecule has 0 aliphatic rings. The van der Waals surface area contributed by atoms with Gasteiger partial charge in [0.25, 0.3) is 0 Å². The van der Waals surface area contributed by atoms with Gasteiger partial charge in [0.15, 0.2) is 0 Å². The monoisotopic (exact) mass is 166 g/mol. The summed E-state index contributed by atoms with van der Waals surface area (Å²) in [6.45, 7) is 11.5. The highest BCUT2D eigenvalue weighted by Crippen LogP contribution is 2.11. The molecule has 0 N–H and O–H groups in total. The topological polar surface area (TPSA) is 0 Å². The highest BCUT2D eigenvalue weighted by molar-refractivity contribution is 4.77. The predicted octanol–water partition coefficient (Wildman–Crippen LogP) is 4.18. The van der Waals surface area contributed by atoms with Crippen molar-refractivity contribution in [1.82, 2.24) is 0 Å². The quantitative estimate of drug-likeness (QED) is 0.475. The SMILES string of the molecule is [CH]=CC([CH2])CCCCCCCC. The van der Waals surface area contributed by atoms with Crippen molar-refractivity contribution in [1.29, 1.82) is 0 Å². The van der Waals surface area contributed by atoms with Crippen LogP contribution in [0.2, 0.25) is 0 Å². The van der Waals surface area contributed by atoms with Crippen LogP contribution in [0.15, 0.2) is 6.08 Å². The molecule has 0 heterocycles. The molecule has 0 spiro atoms. The first-order valence-corrected chi connectivity index (χ1v) is 5.19. The number of unbranched alkanes of at least 4 members (excludes halogenated alkanes) is 5. The molecule has 0 amide bonds. The lowest BCUT2D eigenvalue weighted by Crippen LogP contribution is -1.89. The van der Waals surface area contributed by atoms with Gasteiger partial charge >= 0.3 is 0 Å². The third-order valence-electron chi connectivity index (χ3n) is 2.20. The van der Waals surface area contributed by atoms with E-state index in [9.17, 15) is 0 Å². The summed E-state index contributed by atoms with van der Waals surface area (Å²) in [5.41, 5.74) is 0. The molecule has 0 saturated heterocycles. The third kappa shape index (κ3) is 7.84. The maximum Gasteiger partial charge on any atom is -0.0230 e. The maximum atomic E-state index is 5.35. The molecule has 2 radical (unpaired) electrons. The molecule has 1 unspecified atom stereocenters. The van der Waals surface area contributed by atoms with Crippen LogP contribution >= 0.6 is 0 Å². The minimum atomic E-state index is 0.358. The zero-order chi connectivity index (χ0) is 9.23. The average Bonchev–Trinajstić information content (AvgIpc) is 2.10. The van der Waals surface area contributed by atoms with Crippen molar-refractivity contribution < 1.29 is 0 Å². The summed E-state index contributed by atoms with van der Waals surface area (Å²) in [5.74, 6) is 0.358. The minimum Gasteiger partial charge on any atom is -0.0814 e. The standard InChI is InChI=1S/C12H22/c1-4-6-7-8-9-10-11-12(3)5-2/h2,5,12H,3-4,6-11H2,1H3. The normalized spacial score (nSPS) is 12.8. The van der Waals surface area contributed by atoms with E-state index >= 15 is 0 Å². The Hall–Kier alpha value is -0.260. The second-order valence-corrected chi connectivity index (χ2v) is 3.51. The van der Waals surface area contributed by atoms with Crippen LogP contribution in [0.25, 0.3) is 0 Å². The molecule has 0 aliphatic carbocycles. The first kappa shape index (κ1) is 11.7. The lowest BCUT2D eigenvalue weighted by atomic mass is 10.0. The van der Waals surface area contributed by atoms with E-state index < -0.39 is 0 Å². The molecule has 0 nitrogen and oxygen atoms in total. The summed E-state index contributed by atoms with van der Waals surface area (Å²) in [6.07, 6.45) is 11.0. The van der Waals surface area contributed by atoms with Crippen molar-refractivity contribution in [2.45, 2.75) is 51.9 Å². The summed E-state index contributed by atoms with van der Waals surface area (Å²) >= 11 is 0. The van der Waals surface area contributed by atoms with E-state index in [1.165, 1.54) is 38.5 Å². The van der Waals surface area contributed by atoms with Crippen LogP contribution in [0.5, 0.6) is 0 Å². The summed E-state index contributed by atoms with van der Waals surface area (Å²) in [5, 5.41) is 0. The van der Waals surface area contributed by atoms with Crippen molar-refractivity contribution in [2.75, 3.05) is 0 Å². The largest absolute Gasteiger partial charge is 0.0814 e.